The van der Waals surface area contributed by atoms with Crippen LogP contribution in [0.2, 0.25) is 0 Å². The van der Waals surface area contributed by atoms with Crippen molar-refractivity contribution in [2.24, 2.45) is 7.05 Å². The molecule has 0 unspecified atom stereocenters. The van der Waals surface area contributed by atoms with Crippen LogP contribution in [0.1, 0.15) is 38.7 Å². The van der Waals surface area contributed by atoms with E-state index in [0.717, 1.165) is 66.2 Å². The highest BCUT2D eigenvalue weighted by Crippen LogP contribution is 2.39. The number of carbonyl (C=O) groups excluding carboxylic acids is 2. The topological polar surface area (TPSA) is 79.3 Å². The molecule has 1 amide bonds. The molecule has 1 aliphatic rings. The first kappa shape index (κ1) is 23.3. The molecule has 1 fully saturated rings. The summed E-state index contributed by atoms with van der Waals surface area (Å²) in [5.41, 5.74) is 5.84. The molecule has 176 valence electrons. The Balaban J connectivity index is 1.73. The molecule has 1 aromatic heterocycles. The lowest BCUT2D eigenvalue weighted by Crippen LogP contribution is -2.30. The maximum absolute atomic E-state index is 12.1. The number of hydrogen-bond acceptors (Lipinski definition) is 5. The first-order valence-corrected chi connectivity index (χ1v) is 11.7. The van der Waals surface area contributed by atoms with Crippen LogP contribution in [0.4, 0.5) is 17.2 Å². The van der Waals surface area contributed by atoms with E-state index in [2.05, 4.69) is 27.7 Å². The zero-order valence-electron chi connectivity index (χ0n) is 20.0. The Bertz CT molecular complexity index is 1190. The van der Waals surface area contributed by atoms with Gasteiger partial charge in [-0.05, 0) is 43.9 Å². The third-order valence-electron chi connectivity index (χ3n) is 6.09. The summed E-state index contributed by atoms with van der Waals surface area (Å²) < 4.78 is 1.86. The molecule has 0 bridgehead atoms. The van der Waals surface area contributed by atoms with Crippen molar-refractivity contribution in [1.82, 2.24) is 9.78 Å². The average molecular weight is 458 g/mol. The minimum absolute atomic E-state index is 0.132. The summed E-state index contributed by atoms with van der Waals surface area (Å²) in [5.74, 6) is 0.736. The van der Waals surface area contributed by atoms with Crippen LogP contribution in [0.5, 0.6) is 0 Å². The Morgan fingerprint density at radius 1 is 0.941 bits per heavy atom. The molecule has 0 spiro atoms. The fourth-order valence-corrected chi connectivity index (χ4v) is 4.41. The quantitative estimate of drug-likeness (QED) is 0.382. The molecule has 4 rings (SSSR count). The molecule has 7 nitrogen and oxygen atoms in total. The first-order chi connectivity index (χ1) is 16.5. The Labute approximate surface area is 200 Å². The summed E-state index contributed by atoms with van der Waals surface area (Å²) in [5, 5.41) is 11.1. The van der Waals surface area contributed by atoms with Gasteiger partial charge < -0.3 is 15.5 Å². The predicted molar refractivity (Wildman–Crippen MR) is 138 cm³/mol. The van der Waals surface area contributed by atoms with Gasteiger partial charge in [0.05, 0.1) is 0 Å². The molecule has 1 aliphatic heterocycles. The number of anilines is 3. The molecule has 7 heteroatoms. The van der Waals surface area contributed by atoms with Crippen molar-refractivity contribution in [3.63, 3.8) is 0 Å². The van der Waals surface area contributed by atoms with E-state index < -0.39 is 0 Å². The van der Waals surface area contributed by atoms with E-state index in [1.54, 1.807) is 12.1 Å². The number of hydrogen-bond donors (Lipinski definition) is 2. The molecular formula is C27H31N5O2. The second kappa shape index (κ2) is 10.4. The molecule has 0 saturated carbocycles. The maximum atomic E-state index is 12.1. The van der Waals surface area contributed by atoms with E-state index in [9.17, 15) is 9.59 Å². The van der Waals surface area contributed by atoms with Gasteiger partial charge in [0, 0.05) is 49.6 Å². The highest BCUT2D eigenvalue weighted by Gasteiger charge is 2.25. The molecule has 2 N–H and O–H groups in total. The minimum atomic E-state index is -0.132. The van der Waals surface area contributed by atoms with E-state index in [1.165, 1.54) is 13.3 Å². The van der Waals surface area contributed by atoms with Crippen molar-refractivity contribution >= 4 is 35.0 Å². The predicted octanol–water partition coefficient (Wildman–Crippen LogP) is 5.08. The second-order valence-electron chi connectivity index (χ2n) is 8.62. The summed E-state index contributed by atoms with van der Waals surface area (Å²) in [7, 11) is 1.93. The largest absolute Gasteiger partial charge is 0.367 e. The number of aryl methyl sites for hydroxylation is 1. The molecule has 0 atom stereocenters. The van der Waals surface area contributed by atoms with Gasteiger partial charge in [-0.25, -0.2) is 0 Å². The Morgan fingerprint density at radius 3 is 2.24 bits per heavy atom. The van der Waals surface area contributed by atoms with E-state index in [-0.39, 0.29) is 5.91 Å². The normalized spacial score (nSPS) is 14.4. The van der Waals surface area contributed by atoms with E-state index in [0.29, 0.717) is 11.3 Å². The fraction of sp³-hybridized carbons (Fsp3) is 0.296. The monoisotopic (exact) mass is 457 g/mol. The third kappa shape index (κ3) is 5.03. The lowest BCUT2D eigenvalue weighted by atomic mass is 10.0. The molecule has 2 aromatic carbocycles. The molecular weight excluding hydrogens is 426 g/mol. The van der Waals surface area contributed by atoms with Crippen LogP contribution >= 0.6 is 0 Å². The highest BCUT2D eigenvalue weighted by molar-refractivity contribution is 6.09. The van der Waals surface area contributed by atoms with Gasteiger partial charge in [0.1, 0.15) is 11.4 Å². The van der Waals surface area contributed by atoms with Crippen LogP contribution in [-0.2, 0) is 16.6 Å². The molecule has 2 heterocycles. The highest BCUT2D eigenvalue weighted by atomic mass is 16.1. The number of carbonyl (C=O) groups is 2. The number of allylic oxidation sites excluding steroid dienone is 2. The standard InChI is InChI=1S/C27H31N5O2/c1-19(24(18-33)21-12-14-23(15-13-21)29-20(2)34)28-27-26(32-16-8-5-9-17-32)25(30-31(27)3)22-10-6-4-7-11-22/h4,6-7,10-15,18,28H,5,8-9,16-17H2,1-3H3,(H,29,34)/b24-19+. The summed E-state index contributed by atoms with van der Waals surface area (Å²) in [6, 6.07) is 17.5. The van der Waals surface area contributed by atoms with Gasteiger partial charge in [0.25, 0.3) is 0 Å². The van der Waals surface area contributed by atoms with E-state index in [1.807, 2.05) is 49.0 Å². The number of benzene rings is 2. The number of amides is 1. The van der Waals surface area contributed by atoms with Gasteiger partial charge in [0.15, 0.2) is 12.1 Å². The summed E-state index contributed by atoms with van der Waals surface area (Å²) in [4.78, 5) is 25.8. The van der Waals surface area contributed by atoms with Crippen molar-refractivity contribution in [2.45, 2.75) is 33.1 Å². The summed E-state index contributed by atoms with van der Waals surface area (Å²) in [6.07, 6.45) is 4.41. The number of aromatic nitrogens is 2. The SMILES string of the molecule is CC(=O)Nc1ccc(/C(C=O)=C(\C)Nc2c(N3CCCCC3)c(-c3ccccc3)nn2C)cc1. The van der Waals surface area contributed by atoms with Gasteiger partial charge in [-0.3, -0.25) is 14.3 Å². The van der Waals surface area contributed by atoms with Gasteiger partial charge in [-0.1, -0.05) is 42.5 Å². The zero-order chi connectivity index (χ0) is 24.1. The van der Waals surface area contributed by atoms with E-state index in [4.69, 9.17) is 5.10 Å². The number of nitrogens with zero attached hydrogens (tertiary/aromatic N) is 3. The van der Waals surface area contributed by atoms with Crippen molar-refractivity contribution in [3.05, 3.63) is 65.9 Å². The first-order valence-electron chi connectivity index (χ1n) is 11.7. The third-order valence-corrected chi connectivity index (χ3v) is 6.09. The number of rotatable bonds is 7. The van der Waals surface area contributed by atoms with Crippen molar-refractivity contribution in [1.29, 1.82) is 0 Å². The van der Waals surface area contributed by atoms with Crippen LogP contribution in [0.3, 0.4) is 0 Å². The number of piperidine rings is 1. The van der Waals surface area contributed by atoms with Crippen LogP contribution in [0.15, 0.2) is 60.3 Å². The van der Waals surface area contributed by atoms with Crippen molar-refractivity contribution in [2.75, 3.05) is 28.6 Å². The van der Waals surface area contributed by atoms with Crippen LogP contribution in [0, 0.1) is 0 Å². The molecule has 1 saturated heterocycles. The van der Waals surface area contributed by atoms with Crippen LogP contribution < -0.4 is 15.5 Å². The fourth-order valence-electron chi connectivity index (χ4n) is 4.41. The molecule has 3 aromatic rings. The molecule has 34 heavy (non-hydrogen) atoms. The smallest absolute Gasteiger partial charge is 0.221 e. The lowest BCUT2D eigenvalue weighted by molar-refractivity contribution is -0.114. The molecule has 0 radical (unpaired) electrons. The maximum Gasteiger partial charge on any atom is 0.221 e. The summed E-state index contributed by atoms with van der Waals surface area (Å²) >= 11 is 0. The van der Waals surface area contributed by atoms with Gasteiger partial charge in [-0.2, -0.15) is 5.10 Å². The minimum Gasteiger partial charge on any atom is -0.367 e. The van der Waals surface area contributed by atoms with Gasteiger partial charge in [-0.15, -0.1) is 0 Å². The lowest BCUT2D eigenvalue weighted by Gasteiger charge is -2.30. The van der Waals surface area contributed by atoms with Crippen molar-refractivity contribution in [3.8, 4) is 11.3 Å². The Hall–Kier alpha value is -3.87. The summed E-state index contributed by atoms with van der Waals surface area (Å²) in [6.45, 7) is 5.33. The second-order valence-corrected chi connectivity index (χ2v) is 8.62. The van der Waals surface area contributed by atoms with E-state index >= 15 is 0 Å². The Morgan fingerprint density at radius 2 is 1.62 bits per heavy atom. The average Bonchev–Trinajstić information content (AvgIpc) is 3.17. The van der Waals surface area contributed by atoms with Crippen LogP contribution in [-0.4, -0.2) is 35.1 Å². The van der Waals surface area contributed by atoms with Gasteiger partial charge in [0.2, 0.25) is 5.91 Å². The molecule has 0 aliphatic carbocycles. The number of aldehydes is 1. The van der Waals surface area contributed by atoms with Gasteiger partial charge >= 0.3 is 0 Å². The zero-order valence-corrected chi connectivity index (χ0v) is 20.0. The number of nitrogens with one attached hydrogen (secondary N) is 2. The Kier molecular flexibility index (Phi) is 7.11. The van der Waals surface area contributed by atoms with Crippen LogP contribution in [0.25, 0.3) is 16.8 Å². The van der Waals surface area contributed by atoms with Crippen molar-refractivity contribution < 1.29 is 9.59 Å².